The number of nitrogens with zero attached hydrogens (tertiary/aromatic N) is 2. The van der Waals surface area contributed by atoms with Gasteiger partial charge in [-0.25, -0.2) is 0 Å². The van der Waals surface area contributed by atoms with E-state index in [1.54, 1.807) is 6.20 Å². The summed E-state index contributed by atoms with van der Waals surface area (Å²) in [5, 5.41) is 10.9. The van der Waals surface area contributed by atoms with E-state index in [0.29, 0.717) is 5.02 Å². The average molecular weight is 283 g/mol. The monoisotopic (exact) mass is 282 g/mol. The van der Waals surface area contributed by atoms with Gasteiger partial charge in [-0.05, 0) is 31.4 Å². The van der Waals surface area contributed by atoms with Crippen molar-refractivity contribution in [3.05, 3.63) is 29.0 Å². The van der Waals surface area contributed by atoms with Crippen LogP contribution in [0.3, 0.4) is 0 Å². The van der Waals surface area contributed by atoms with Gasteiger partial charge in [0, 0.05) is 32.4 Å². The van der Waals surface area contributed by atoms with E-state index in [1.165, 1.54) is 0 Å². The smallest absolute Gasteiger partial charge is 0.107 e. The van der Waals surface area contributed by atoms with E-state index in [0.717, 1.165) is 51.2 Å². The highest BCUT2D eigenvalue weighted by Gasteiger charge is 2.45. The van der Waals surface area contributed by atoms with Crippen molar-refractivity contribution < 1.29 is 9.84 Å². The molecule has 1 spiro atoms. The minimum Gasteiger partial charge on any atom is -0.390 e. The first-order valence-corrected chi connectivity index (χ1v) is 7.21. The second kappa shape index (κ2) is 5.37. The molecule has 2 saturated heterocycles. The van der Waals surface area contributed by atoms with Gasteiger partial charge in [-0.1, -0.05) is 11.6 Å². The minimum absolute atomic E-state index is 0.329. The first kappa shape index (κ1) is 13.3. The number of hydrogen-bond donors (Lipinski definition) is 1. The molecule has 0 unspecified atom stereocenters. The lowest BCUT2D eigenvalue weighted by atomic mass is 9.87. The Hall–Kier alpha value is -0.680. The van der Waals surface area contributed by atoms with Crippen molar-refractivity contribution in [1.82, 2.24) is 9.88 Å². The van der Waals surface area contributed by atoms with Crippen LogP contribution in [0.4, 0.5) is 0 Å². The highest BCUT2D eigenvalue weighted by molar-refractivity contribution is 6.30. The van der Waals surface area contributed by atoms with Crippen molar-refractivity contribution in [3.63, 3.8) is 0 Å². The lowest BCUT2D eigenvalue weighted by molar-refractivity contribution is -0.132. The molecule has 0 aliphatic carbocycles. The molecule has 0 saturated carbocycles. The SMILES string of the molecule is O[C@H]1CCN(Cc2ccc(Cl)cn2)C[C@@]12CCCO2. The summed E-state index contributed by atoms with van der Waals surface area (Å²) in [6.45, 7) is 3.23. The Morgan fingerprint density at radius 2 is 2.42 bits per heavy atom. The van der Waals surface area contributed by atoms with Crippen LogP contribution in [0.2, 0.25) is 5.02 Å². The van der Waals surface area contributed by atoms with Gasteiger partial charge >= 0.3 is 0 Å². The molecule has 3 rings (SSSR count). The van der Waals surface area contributed by atoms with Crippen LogP contribution in [0.5, 0.6) is 0 Å². The lowest BCUT2D eigenvalue weighted by Gasteiger charge is -2.43. The topological polar surface area (TPSA) is 45.6 Å². The summed E-state index contributed by atoms with van der Waals surface area (Å²) in [4.78, 5) is 6.64. The molecular formula is C14H19ClN2O2. The quantitative estimate of drug-likeness (QED) is 0.899. The number of aliphatic hydroxyl groups excluding tert-OH is 1. The van der Waals surface area contributed by atoms with Crippen molar-refractivity contribution in [3.8, 4) is 0 Å². The number of ether oxygens (including phenoxy) is 1. The van der Waals surface area contributed by atoms with Crippen LogP contribution in [0.15, 0.2) is 18.3 Å². The second-order valence-electron chi connectivity index (χ2n) is 5.50. The maximum atomic E-state index is 10.2. The molecule has 0 radical (unpaired) electrons. The highest BCUT2D eigenvalue weighted by atomic mass is 35.5. The zero-order valence-corrected chi connectivity index (χ0v) is 11.6. The largest absolute Gasteiger partial charge is 0.390 e. The third-order valence-corrected chi connectivity index (χ3v) is 4.35. The number of aromatic nitrogens is 1. The number of rotatable bonds is 2. The number of aliphatic hydroxyl groups is 1. The molecule has 2 fully saturated rings. The predicted molar refractivity (Wildman–Crippen MR) is 73.1 cm³/mol. The Labute approximate surface area is 118 Å². The number of hydrogen-bond acceptors (Lipinski definition) is 4. The fourth-order valence-electron chi connectivity index (χ4n) is 3.10. The fraction of sp³-hybridized carbons (Fsp3) is 0.643. The molecule has 104 valence electrons. The summed E-state index contributed by atoms with van der Waals surface area (Å²) in [5.41, 5.74) is 0.666. The Bertz CT molecular complexity index is 432. The van der Waals surface area contributed by atoms with Crippen LogP contribution in [0.25, 0.3) is 0 Å². The van der Waals surface area contributed by atoms with Gasteiger partial charge in [0.2, 0.25) is 0 Å². The zero-order chi connectivity index (χ0) is 13.3. The van der Waals surface area contributed by atoms with Gasteiger partial charge < -0.3 is 9.84 Å². The molecule has 19 heavy (non-hydrogen) atoms. The van der Waals surface area contributed by atoms with Gasteiger partial charge in [-0.15, -0.1) is 0 Å². The molecule has 2 aliphatic rings. The average Bonchev–Trinajstić information content (AvgIpc) is 2.86. The van der Waals surface area contributed by atoms with Crippen molar-refractivity contribution in [2.75, 3.05) is 19.7 Å². The Morgan fingerprint density at radius 3 is 3.11 bits per heavy atom. The van der Waals surface area contributed by atoms with Crippen LogP contribution in [-0.2, 0) is 11.3 Å². The molecule has 1 N–H and O–H groups in total. The molecule has 3 heterocycles. The third kappa shape index (κ3) is 2.77. The van der Waals surface area contributed by atoms with Gasteiger partial charge in [0.15, 0.2) is 0 Å². The summed E-state index contributed by atoms with van der Waals surface area (Å²) in [6.07, 6.45) is 4.12. The van der Waals surface area contributed by atoms with Crippen LogP contribution in [0.1, 0.15) is 25.0 Å². The van der Waals surface area contributed by atoms with Crippen molar-refractivity contribution in [1.29, 1.82) is 0 Å². The summed E-state index contributed by atoms with van der Waals surface area (Å²) >= 11 is 5.84. The molecule has 1 aromatic heterocycles. The predicted octanol–water partition coefficient (Wildman–Crippen LogP) is 1.85. The fourth-order valence-corrected chi connectivity index (χ4v) is 3.21. The van der Waals surface area contributed by atoms with Crippen LogP contribution < -0.4 is 0 Å². The summed E-state index contributed by atoms with van der Waals surface area (Å²) in [7, 11) is 0. The number of likely N-dealkylation sites (tertiary alicyclic amines) is 1. The molecule has 1 aromatic rings. The van der Waals surface area contributed by atoms with Gasteiger partial charge in [-0.3, -0.25) is 9.88 Å². The molecule has 5 heteroatoms. The summed E-state index contributed by atoms with van der Waals surface area (Å²) in [5.74, 6) is 0. The van der Waals surface area contributed by atoms with Crippen LogP contribution in [-0.4, -0.2) is 46.4 Å². The van der Waals surface area contributed by atoms with Gasteiger partial charge in [0.05, 0.1) is 16.8 Å². The van der Waals surface area contributed by atoms with E-state index in [1.807, 2.05) is 12.1 Å². The van der Waals surface area contributed by atoms with Crippen molar-refractivity contribution in [2.45, 2.75) is 37.5 Å². The Balaban J connectivity index is 1.67. The minimum atomic E-state index is -0.343. The van der Waals surface area contributed by atoms with E-state index < -0.39 is 0 Å². The van der Waals surface area contributed by atoms with Gasteiger partial charge in [-0.2, -0.15) is 0 Å². The van der Waals surface area contributed by atoms with Crippen molar-refractivity contribution in [2.24, 2.45) is 0 Å². The molecule has 2 atom stereocenters. The van der Waals surface area contributed by atoms with E-state index in [-0.39, 0.29) is 11.7 Å². The molecular weight excluding hydrogens is 264 g/mol. The normalized spacial score (nSPS) is 32.0. The Morgan fingerprint density at radius 1 is 1.53 bits per heavy atom. The van der Waals surface area contributed by atoms with E-state index in [2.05, 4.69) is 9.88 Å². The van der Waals surface area contributed by atoms with Gasteiger partial charge in [0.25, 0.3) is 0 Å². The Kier molecular flexibility index (Phi) is 3.76. The van der Waals surface area contributed by atoms with Crippen LogP contribution >= 0.6 is 11.6 Å². The summed E-state index contributed by atoms with van der Waals surface area (Å²) in [6, 6.07) is 3.82. The number of pyridine rings is 1. The highest BCUT2D eigenvalue weighted by Crippen LogP contribution is 2.35. The van der Waals surface area contributed by atoms with E-state index in [4.69, 9.17) is 16.3 Å². The molecule has 0 amide bonds. The van der Waals surface area contributed by atoms with Gasteiger partial charge in [0.1, 0.15) is 5.60 Å². The molecule has 2 aliphatic heterocycles. The van der Waals surface area contributed by atoms with E-state index in [9.17, 15) is 5.11 Å². The number of piperidine rings is 1. The van der Waals surface area contributed by atoms with E-state index >= 15 is 0 Å². The van der Waals surface area contributed by atoms with Crippen LogP contribution in [0, 0.1) is 0 Å². The zero-order valence-electron chi connectivity index (χ0n) is 10.9. The first-order valence-electron chi connectivity index (χ1n) is 6.83. The molecule has 0 aromatic carbocycles. The molecule has 4 nitrogen and oxygen atoms in total. The first-order chi connectivity index (χ1) is 9.18. The maximum Gasteiger partial charge on any atom is 0.107 e. The molecule has 0 bridgehead atoms. The van der Waals surface area contributed by atoms with Crippen molar-refractivity contribution >= 4 is 11.6 Å². The lowest BCUT2D eigenvalue weighted by Crippen LogP contribution is -2.56. The standard InChI is InChI=1S/C14H19ClN2O2/c15-11-2-3-12(16-8-11)9-17-6-4-13(18)14(10-17)5-1-7-19-14/h2-3,8,13,18H,1,4-7,9-10H2/t13-,14-/m0/s1. The third-order valence-electron chi connectivity index (χ3n) is 4.13. The number of halogens is 1. The maximum absolute atomic E-state index is 10.2. The summed E-state index contributed by atoms with van der Waals surface area (Å²) < 4.78 is 5.85. The second-order valence-corrected chi connectivity index (χ2v) is 5.94.